The number of anilines is 1. The lowest BCUT2D eigenvalue weighted by atomic mass is 10.0. The van der Waals surface area contributed by atoms with Crippen molar-refractivity contribution in [1.29, 1.82) is 5.26 Å². The lowest BCUT2D eigenvalue weighted by Crippen LogP contribution is -2.43. The molecule has 1 aromatic rings. The van der Waals surface area contributed by atoms with Crippen LogP contribution in [-0.2, 0) is 4.74 Å². The van der Waals surface area contributed by atoms with Gasteiger partial charge in [-0.3, -0.25) is 0 Å². The second kappa shape index (κ2) is 5.45. The van der Waals surface area contributed by atoms with Crippen molar-refractivity contribution in [2.24, 2.45) is 0 Å². The van der Waals surface area contributed by atoms with Gasteiger partial charge in [-0.25, -0.2) is 13.6 Å². The molecule has 0 amide bonds. The predicted molar refractivity (Wildman–Crippen MR) is 68.9 cm³/mol. The first-order valence-corrected chi connectivity index (χ1v) is 6.22. The normalized spacial score (nSPS) is 17.4. The quantitative estimate of drug-likeness (QED) is 0.781. The van der Waals surface area contributed by atoms with Crippen LogP contribution in [0.15, 0.2) is 18.2 Å². The van der Waals surface area contributed by atoms with Crippen molar-refractivity contribution in [2.75, 3.05) is 25.1 Å². The summed E-state index contributed by atoms with van der Waals surface area (Å²) in [5.74, 6) is -3.38. The fraction of sp³-hybridized carbons (Fsp3) is 0.429. The van der Waals surface area contributed by atoms with E-state index in [-0.39, 0.29) is 12.0 Å². The second-order valence-corrected chi connectivity index (χ2v) is 4.72. The summed E-state index contributed by atoms with van der Waals surface area (Å²) in [6.07, 6.45) is 0.180. The number of hydrogen-bond acceptors (Lipinski definition) is 4. The van der Waals surface area contributed by atoms with Crippen LogP contribution in [0.2, 0.25) is 0 Å². The van der Waals surface area contributed by atoms with E-state index >= 15 is 0 Å². The zero-order valence-electron chi connectivity index (χ0n) is 11.0. The number of rotatable bonds is 2. The minimum absolute atomic E-state index is 0.158. The van der Waals surface area contributed by atoms with Crippen molar-refractivity contribution in [1.82, 2.24) is 0 Å². The van der Waals surface area contributed by atoms with E-state index in [2.05, 4.69) is 4.74 Å². The van der Waals surface area contributed by atoms with Gasteiger partial charge in [-0.05, 0) is 24.6 Å². The first kappa shape index (κ1) is 14.3. The van der Waals surface area contributed by atoms with Crippen LogP contribution < -0.4 is 4.90 Å². The molecular formula is C14H14F2N2O2. The number of carbonyl (C=O) groups is 1. The Balaban J connectivity index is 2.42. The maximum Gasteiger partial charge on any atom is 0.339 e. The van der Waals surface area contributed by atoms with Crippen LogP contribution in [0.5, 0.6) is 0 Å². The number of hydrogen-bond donors (Lipinski definition) is 0. The first-order valence-electron chi connectivity index (χ1n) is 6.22. The van der Waals surface area contributed by atoms with Gasteiger partial charge < -0.3 is 9.64 Å². The molecule has 0 bridgehead atoms. The summed E-state index contributed by atoms with van der Waals surface area (Å²) in [4.78, 5) is 13.2. The monoisotopic (exact) mass is 280 g/mol. The van der Waals surface area contributed by atoms with E-state index in [0.717, 1.165) is 0 Å². The molecule has 1 saturated heterocycles. The maximum absolute atomic E-state index is 13.5. The van der Waals surface area contributed by atoms with Gasteiger partial charge in [-0.2, -0.15) is 5.26 Å². The zero-order chi connectivity index (χ0) is 14.8. The molecule has 0 saturated carbocycles. The highest BCUT2D eigenvalue weighted by Gasteiger charge is 2.36. The number of alkyl halides is 2. The zero-order valence-corrected chi connectivity index (χ0v) is 11.0. The number of piperidine rings is 1. The minimum Gasteiger partial charge on any atom is -0.465 e. The number of nitriles is 1. The third-order valence-electron chi connectivity index (χ3n) is 3.27. The lowest BCUT2D eigenvalue weighted by Gasteiger charge is -2.35. The largest absolute Gasteiger partial charge is 0.465 e. The smallest absolute Gasteiger partial charge is 0.339 e. The van der Waals surface area contributed by atoms with Crippen molar-refractivity contribution in [3.8, 4) is 6.07 Å². The van der Waals surface area contributed by atoms with Gasteiger partial charge in [-0.15, -0.1) is 0 Å². The summed E-state index contributed by atoms with van der Waals surface area (Å²) < 4.78 is 31.7. The van der Waals surface area contributed by atoms with Gasteiger partial charge in [0.2, 0.25) is 0 Å². The Morgan fingerprint density at radius 3 is 2.85 bits per heavy atom. The fourth-order valence-corrected chi connectivity index (χ4v) is 2.32. The average molecular weight is 280 g/mol. The van der Waals surface area contributed by atoms with Crippen molar-refractivity contribution < 1.29 is 18.3 Å². The third kappa shape index (κ3) is 2.87. The summed E-state index contributed by atoms with van der Waals surface area (Å²) in [7, 11) is 1.23. The topological polar surface area (TPSA) is 53.3 Å². The molecule has 1 aromatic carbocycles. The summed E-state index contributed by atoms with van der Waals surface area (Å²) in [5, 5.41) is 8.92. The van der Waals surface area contributed by atoms with Gasteiger partial charge in [0.15, 0.2) is 0 Å². The van der Waals surface area contributed by atoms with Gasteiger partial charge >= 0.3 is 5.97 Å². The van der Waals surface area contributed by atoms with Crippen LogP contribution in [0.4, 0.5) is 14.5 Å². The third-order valence-corrected chi connectivity index (χ3v) is 3.27. The van der Waals surface area contributed by atoms with Crippen molar-refractivity contribution in [2.45, 2.75) is 18.8 Å². The molecule has 1 heterocycles. The van der Waals surface area contributed by atoms with E-state index < -0.39 is 18.4 Å². The highest BCUT2D eigenvalue weighted by atomic mass is 19.3. The number of methoxy groups -OCH3 is 1. The molecule has 1 aliphatic rings. The Kier molecular flexibility index (Phi) is 3.89. The second-order valence-electron chi connectivity index (χ2n) is 4.72. The molecule has 0 unspecified atom stereocenters. The Morgan fingerprint density at radius 1 is 1.50 bits per heavy atom. The Hall–Kier alpha value is -2.16. The summed E-state index contributed by atoms with van der Waals surface area (Å²) >= 11 is 0. The molecule has 6 heteroatoms. The van der Waals surface area contributed by atoms with Gasteiger partial charge in [0, 0.05) is 13.0 Å². The molecule has 106 valence electrons. The van der Waals surface area contributed by atoms with Crippen molar-refractivity contribution in [3.05, 3.63) is 29.3 Å². The predicted octanol–water partition coefficient (Wildman–Crippen LogP) is 2.58. The molecule has 0 radical (unpaired) electrons. The Bertz CT molecular complexity index is 567. The molecule has 0 aromatic heterocycles. The van der Waals surface area contributed by atoms with E-state index in [1.807, 2.05) is 6.07 Å². The van der Waals surface area contributed by atoms with Gasteiger partial charge in [-0.1, -0.05) is 0 Å². The fourth-order valence-electron chi connectivity index (χ4n) is 2.32. The number of nitrogens with zero attached hydrogens (tertiary/aromatic N) is 2. The summed E-state index contributed by atoms with van der Waals surface area (Å²) in [5.41, 5.74) is 0.848. The van der Waals surface area contributed by atoms with E-state index in [1.165, 1.54) is 30.2 Å². The Morgan fingerprint density at radius 2 is 2.25 bits per heavy atom. The lowest BCUT2D eigenvalue weighted by molar-refractivity contribution is -0.0117. The highest BCUT2D eigenvalue weighted by Crippen LogP contribution is 2.32. The van der Waals surface area contributed by atoms with Crippen LogP contribution in [0.1, 0.15) is 28.8 Å². The first-order chi connectivity index (χ1) is 9.46. The molecule has 0 spiro atoms. The van der Waals surface area contributed by atoms with E-state index in [9.17, 15) is 13.6 Å². The molecule has 2 rings (SSSR count). The molecule has 4 nitrogen and oxygen atoms in total. The number of ether oxygens (including phenoxy) is 1. The molecule has 0 aliphatic carbocycles. The number of carbonyl (C=O) groups excluding carboxylic acids is 1. The van der Waals surface area contributed by atoms with Crippen LogP contribution in [0.25, 0.3) is 0 Å². The molecule has 1 fully saturated rings. The number of esters is 1. The molecule has 20 heavy (non-hydrogen) atoms. The van der Waals surface area contributed by atoms with Crippen molar-refractivity contribution >= 4 is 11.7 Å². The Labute approximate surface area is 115 Å². The van der Waals surface area contributed by atoms with Crippen LogP contribution in [0.3, 0.4) is 0 Å². The van der Waals surface area contributed by atoms with E-state index in [4.69, 9.17) is 5.26 Å². The maximum atomic E-state index is 13.5. The van der Waals surface area contributed by atoms with E-state index in [1.54, 1.807) is 0 Å². The molecule has 0 atom stereocenters. The number of benzene rings is 1. The van der Waals surface area contributed by atoms with Crippen LogP contribution >= 0.6 is 0 Å². The SMILES string of the molecule is COC(=O)c1ccc(C#N)cc1N1CCCC(F)(F)C1. The highest BCUT2D eigenvalue weighted by molar-refractivity contribution is 5.96. The number of halogens is 2. The van der Waals surface area contributed by atoms with Gasteiger partial charge in [0.25, 0.3) is 5.92 Å². The average Bonchev–Trinajstić information content (AvgIpc) is 2.44. The van der Waals surface area contributed by atoms with Crippen molar-refractivity contribution in [3.63, 3.8) is 0 Å². The van der Waals surface area contributed by atoms with Gasteiger partial charge in [0.05, 0.1) is 36.5 Å². The van der Waals surface area contributed by atoms with Gasteiger partial charge in [0.1, 0.15) is 0 Å². The molecular weight excluding hydrogens is 266 g/mol. The standard InChI is InChI=1S/C14H14F2N2O2/c1-20-13(19)11-4-3-10(8-17)7-12(11)18-6-2-5-14(15,16)9-18/h3-4,7H,2,5-6,9H2,1H3. The summed E-state index contributed by atoms with van der Waals surface area (Å²) in [6, 6.07) is 6.30. The summed E-state index contributed by atoms with van der Waals surface area (Å²) in [6.45, 7) is -0.0274. The van der Waals surface area contributed by atoms with E-state index in [0.29, 0.717) is 24.2 Å². The van der Waals surface area contributed by atoms with Crippen LogP contribution in [0, 0.1) is 11.3 Å². The minimum atomic E-state index is -2.78. The van der Waals surface area contributed by atoms with Crippen LogP contribution in [-0.4, -0.2) is 32.1 Å². The molecule has 1 aliphatic heterocycles. The molecule has 0 N–H and O–H groups in total.